The molecular weight excluding hydrogens is 568 g/mol. The van der Waals surface area contributed by atoms with Gasteiger partial charge in [-0.1, -0.05) is 103 Å². The Kier molecular flexibility index (Phi) is 22.4. The van der Waals surface area contributed by atoms with Crippen molar-refractivity contribution in [2.75, 3.05) is 26.4 Å². The van der Waals surface area contributed by atoms with Crippen molar-refractivity contribution in [3.8, 4) is 0 Å². The third-order valence-corrected chi connectivity index (χ3v) is 7.70. The van der Waals surface area contributed by atoms with Gasteiger partial charge in [0.25, 0.3) is 0 Å². The van der Waals surface area contributed by atoms with Crippen LogP contribution in [0.3, 0.4) is 0 Å². The van der Waals surface area contributed by atoms with Crippen LogP contribution in [0.4, 0.5) is 0 Å². The standard InChI is InChI=1S/C32H60N4O8/c1-3-4-5-6-7-8-9-10-11-12-13-14-15-16-17-18-19-42-20-21-43-31(41)27-22-25(36-32(33)34)28(35-24(2)38)30(44-27)29(40)26(39)23-37/h22,25-26,28-30,37,39-40H,3-21,23H2,1-2H3,(H,35,38)(H4,33,34,36)/t25-,26+,28+,29+,30+/m0/s1. The van der Waals surface area contributed by atoms with E-state index in [1.165, 1.54) is 103 Å². The van der Waals surface area contributed by atoms with E-state index >= 15 is 0 Å². The maximum absolute atomic E-state index is 12.7. The molecule has 0 fully saturated rings. The lowest BCUT2D eigenvalue weighted by Gasteiger charge is -2.38. The molecule has 0 radical (unpaired) electrons. The zero-order valence-corrected chi connectivity index (χ0v) is 27.1. The van der Waals surface area contributed by atoms with E-state index < -0.39 is 48.9 Å². The van der Waals surface area contributed by atoms with E-state index in [0.717, 1.165) is 12.8 Å². The molecule has 44 heavy (non-hydrogen) atoms. The predicted molar refractivity (Wildman–Crippen MR) is 171 cm³/mol. The topological polar surface area (TPSA) is 199 Å². The normalized spacial score (nSPS) is 19.4. The van der Waals surface area contributed by atoms with E-state index in [4.69, 9.17) is 25.7 Å². The van der Waals surface area contributed by atoms with E-state index in [1.807, 2.05) is 0 Å². The molecule has 0 saturated carbocycles. The van der Waals surface area contributed by atoms with Gasteiger partial charge in [0.15, 0.2) is 5.96 Å². The first-order valence-electron chi connectivity index (χ1n) is 16.7. The van der Waals surface area contributed by atoms with Gasteiger partial charge in [-0.05, 0) is 12.5 Å². The number of ether oxygens (including phenoxy) is 3. The summed E-state index contributed by atoms with van der Waals surface area (Å²) in [5, 5.41) is 32.4. The first-order valence-corrected chi connectivity index (χ1v) is 16.7. The van der Waals surface area contributed by atoms with Crippen LogP contribution in [0.25, 0.3) is 0 Å². The Labute approximate surface area is 264 Å². The lowest BCUT2D eigenvalue weighted by atomic mass is 9.92. The van der Waals surface area contributed by atoms with Gasteiger partial charge < -0.3 is 46.3 Å². The van der Waals surface area contributed by atoms with E-state index in [2.05, 4.69) is 17.2 Å². The van der Waals surface area contributed by atoms with Crippen molar-refractivity contribution in [1.29, 1.82) is 0 Å². The molecule has 5 atom stereocenters. The highest BCUT2D eigenvalue weighted by Crippen LogP contribution is 2.25. The Bertz CT molecular complexity index is 837. The highest BCUT2D eigenvalue weighted by molar-refractivity contribution is 5.87. The second kappa shape index (κ2) is 24.9. The van der Waals surface area contributed by atoms with Crippen molar-refractivity contribution in [2.24, 2.45) is 16.5 Å². The Hall–Kier alpha value is -2.41. The maximum Gasteiger partial charge on any atom is 0.373 e. The predicted octanol–water partition coefficient (Wildman–Crippen LogP) is 2.95. The lowest BCUT2D eigenvalue weighted by Crippen LogP contribution is -2.59. The number of nitrogens with one attached hydrogen (secondary N) is 1. The molecule has 1 aliphatic rings. The van der Waals surface area contributed by atoms with Crippen LogP contribution in [0.2, 0.25) is 0 Å². The number of aliphatic hydroxyl groups is 3. The molecule has 12 heteroatoms. The third kappa shape index (κ3) is 17.8. The minimum atomic E-state index is -1.67. The van der Waals surface area contributed by atoms with Gasteiger partial charge in [-0.3, -0.25) is 4.79 Å². The van der Waals surface area contributed by atoms with Gasteiger partial charge in [-0.25, -0.2) is 9.79 Å². The maximum atomic E-state index is 12.7. The molecule has 1 aliphatic heterocycles. The van der Waals surface area contributed by atoms with Gasteiger partial charge in [0.05, 0.1) is 25.3 Å². The summed E-state index contributed by atoms with van der Waals surface area (Å²) in [5.41, 5.74) is 11.0. The van der Waals surface area contributed by atoms with E-state index in [1.54, 1.807) is 0 Å². The molecular formula is C32H60N4O8. The highest BCUT2D eigenvalue weighted by Gasteiger charge is 2.44. The summed E-state index contributed by atoms with van der Waals surface area (Å²) in [4.78, 5) is 28.5. The molecule has 0 bridgehead atoms. The van der Waals surface area contributed by atoms with Crippen molar-refractivity contribution in [3.63, 3.8) is 0 Å². The molecule has 12 nitrogen and oxygen atoms in total. The smallest absolute Gasteiger partial charge is 0.373 e. The first kappa shape index (κ1) is 39.6. The minimum absolute atomic E-state index is 0.0209. The number of carbonyl (C=O) groups is 2. The average Bonchev–Trinajstić information content (AvgIpc) is 2.99. The molecule has 1 amide bonds. The largest absolute Gasteiger partial charge is 0.478 e. The first-order chi connectivity index (χ1) is 21.2. The average molecular weight is 629 g/mol. The summed E-state index contributed by atoms with van der Waals surface area (Å²) < 4.78 is 16.5. The molecule has 0 unspecified atom stereocenters. The number of esters is 1. The summed E-state index contributed by atoms with van der Waals surface area (Å²) >= 11 is 0. The van der Waals surface area contributed by atoms with Crippen molar-refractivity contribution >= 4 is 17.8 Å². The SMILES string of the molecule is CCCCCCCCCCCCCCCCCCOCCOC(=O)C1=C[C@H](N=C(N)N)[C@@H](NC(C)=O)[C@H]([C@H](O)[C@H](O)CO)O1. The van der Waals surface area contributed by atoms with Crippen molar-refractivity contribution in [3.05, 3.63) is 11.8 Å². The Morgan fingerprint density at radius 3 is 1.89 bits per heavy atom. The Balaban J connectivity index is 2.25. The number of guanidine groups is 1. The minimum Gasteiger partial charge on any atom is -0.478 e. The zero-order chi connectivity index (χ0) is 32.6. The molecule has 8 N–H and O–H groups in total. The van der Waals surface area contributed by atoms with Gasteiger partial charge in [-0.15, -0.1) is 0 Å². The van der Waals surface area contributed by atoms with Gasteiger partial charge in [-0.2, -0.15) is 0 Å². The summed E-state index contributed by atoms with van der Waals surface area (Å²) in [7, 11) is 0. The van der Waals surface area contributed by atoms with Crippen LogP contribution in [0, 0.1) is 0 Å². The number of aliphatic imine (C=N–C) groups is 1. The quantitative estimate of drug-likeness (QED) is 0.0358. The van der Waals surface area contributed by atoms with Crippen molar-refractivity contribution in [2.45, 2.75) is 147 Å². The van der Waals surface area contributed by atoms with Crippen LogP contribution in [-0.2, 0) is 23.8 Å². The monoisotopic (exact) mass is 628 g/mol. The van der Waals surface area contributed by atoms with Gasteiger partial charge >= 0.3 is 5.97 Å². The van der Waals surface area contributed by atoms with Crippen molar-refractivity contribution < 1.29 is 39.1 Å². The number of amides is 1. The second-order valence-corrected chi connectivity index (χ2v) is 11.7. The summed E-state index contributed by atoms with van der Waals surface area (Å²) in [5.74, 6) is -1.95. The fourth-order valence-corrected chi connectivity index (χ4v) is 5.25. The number of carbonyl (C=O) groups excluding carboxylic acids is 2. The Morgan fingerprint density at radius 1 is 0.886 bits per heavy atom. The number of rotatable bonds is 26. The van der Waals surface area contributed by atoms with E-state index in [0.29, 0.717) is 6.61 Å². The zero-order valence-electron chi connectivity index (χ0n) is 27.1. The van der Waals surface area contributed by atoms with Crippen molar-refractivity contribution in [1.82, 2.24) is 5.32 Å². The molecule has 0 aromatic heterocycles. The molecule has 0 spiro atoms. The van der Waals surface area contributed by atoms with Gasteiger partial charge in [0.1, 0.15) is 24.9 Å². The molecule has 0 aromatic rings. The highest BCUT2D eigenvalue weighted by atomic mass is 16.6. The second-order valence-electron chi connectivity index (χ2n) is 11.7. The fraction of sp³-hybridized carbons (Fsp3) is 0.844. The van der Waals surface area contributed by atoms with Crippen LogP contribution in [0.1, 0.15) is 117 Å². The number of hydrogen-bond acceptors (Lipinski definition) is 9. The fourth-order valence-electron chi connectivity index (χ4n) is 5.25. The Morgan fingerprint density at radius 2 is 1.41 bits per heavy atom. The number of nitrogens with two attached hydrogens (primary N) is 2. The molecule has 0 saturated heterocycles. The summed E-state index contributed by atoms with van der Waals surface area (Å²) in [6, 6.07) is -2.04. The number of unbranched alkanes of at least 4 members (excludes halogenated alkanes) is 15. The van der Waals surface area contributed by atoms with Crippen LogP contribution in [-0.4, -0.2) is 90.0 Å². The number of hydrogen-bond donors (Lipinski definition) is 6. The lowest BCUT2D eigenvalue weighted by molar-refractivity contribution is -0.152. The van der Waals surface area contributed by atoms with E-state index in [-0.39, 0.29) is 24.9 Å². The van der Waals surface area contributed by atoms with Crippen LogP contribution >= 0.6 is 0 Å². The van der Waals surface area contributed by atoms with Gasteiger partial charge in [0, 0.05) is 13.5 Å². The number of aliphatic hydroxyl groups excluding tert-OH is 3. The van der Waals surface area contributed by atoms with Gasteiger partial charge in [0.2, 0.25) is 11.7 Å². The number of nitrogens with zero attached hydrogens (tertiary/aromatic N) is 1. The molecule has 0 aromatic carbocycles. The third-order valence-electron chi connectivity index (χ3n) is 7.70. The van der Waals surface area contributed by atoms with Crippen LogP contribution < -0.4 is 16.8 Å². The molecule has 256 valence electrons. The summed E-state index contributed by atoms with van der Waals surface area (Å²) in [6.45, 7) is 3.49. The molecule has 1 heterocycles. The van der Waals surface area contributed by atoms with E-state index in [9.17, 15) is 24.9 Å². The summed E-state index contributed by atoms with van der Waals surface area (Å²) in [6.07, 6.45) is 17.5. The molecule has 0 aliphatic carbocycles. The van der Waals surface area contributed by atoms with Crippen LogP contribution in [0.15, 0.2) is 16.8 Å². The molecule has 1 rings (SSSR count). The van der Waals surface area contributed by atoms with Crippen LogP contribution in [0.5, 0.6) is 0 Å².